The largest absolute Gasteiger partial charge is 0.379 e. The molecule has 0 bridgehead atoms. The molecule has 2 aromatic carbocycles. The van der Waals surface area contributed by atoms with Crippen LogP contribution in [0.1, 0.15) is 22.7 Å². The van der Waals surface area contributed by atoms with E-state index in [0.717, 1.165) is 31.9 Å². The zero-order valence-electron chi connectivity index (χ0n) is 16.2. The van der Waals surface area contributed by atoms with E-state index in [1.807, 2.05) is 24.3 Å². The minimum Gasteiger partial charge on any atom is -0.379 e. The Bertz CT molecular complexity index is 761. The van der Waals surface area contributed by atoms with E-state index in [2.05, 4.69) is 41.4 Å². The highest BCUT2D eigenvalue weighted by molar-refractivity contribution is 6.31. The molecule has 2 aromatic rings. The van der Waals surface area contributed by atoms with Crippen LogP contribution in [0.5, 0.6) is 0 Å². The first-order chi connectivity index (χ1) is 13.6. The molecule has 0 spiro atoms. The topological polar surface area (TPSA) is 50.8 Å². The number of nitrogens with zero attached hydrogens (tertiary/aromatic N) is 1. The van der Waals surface area contributed by atoms with Gasteiger partial charge in [-0.3, -0.25) is 9.69 Å². The number of halogens is 1. The summed E-state index contributed by atoms with van der Waals surface area (Å²) in [6.07, 6.45) is 0. The summed E-state index contributed by atoms with van der Waals surface area (Å²) >= 11 is 6.11. The fourth-order valence-electron chi connectivity index (χ4n) is 3.27. The second-order valence-electron chi connectivity index (χ2n) is 6.96. The first-order valence-corrected chi connectivity index (χ1v) is 9.97. The summed E-state index contributed by atoms with van der Waals surface area (Å²) in [5, 5.41) is 3.66. The molecule has 0 radical (unpaired) electrons. The molecule has 0 aromatic heterocycles. The summed E-state index contributed by atoms with van der Waals surface area (Å²) in [6, 6.07) is 16.1. The van der Waals surface area contributed by atoms with Gasteiger partial charge in [0.15, 0.2) is 0 Å². The van der Waals surface area contributed by atoms with E-state index in [9.17, 15) is 4.79 Å². The van der Waals surface area contributed by atoms with E-state index < -0.39 is 0 Å². The molecule has 3 rings (SSSR count). The van der Waals surface area contributed by atoms with Crippen molar-refractivity contribution in [1.82, 2.24) is 10.2 Å². The van der Waals surface area contributed by atoms with Crippen molar-refractivity contribution in [3.05, 3.63) is 70.2 Å². The van der Waals surface area contributed by atoms with Crippen molar-refractivity contribution in [2.75, 3.05) is 39.5 Å². The number of hydrogen-bond acceptors (Lipinski definition) is 4. The molecule has 1 N–H and O–H groups in total. The highest BCUT2D eigenvalue weighted by Gasteiger charge is 2.23. The lowest BCUT2D eigenvalue weighted by Crippen LogP contribution is -2.44. The molecule has 0 saturated carbocycles. The van der Waals surface area contributed by atoms with Gasteiger partial charge in [-0.25, -0.2) is 0 Å². The fraction of sp³-hybridized carbons (Fsp3) is 0.409. The van der Waals surface area contributed by atoms with Gasteiger partial charge in [-0.15, -0.1) is 0 Å². The van der Waals surface area contributed by atoms with Gasteiger partial charge in [-0.1, -0.05) is 59.6 Å². The summed E-state index contributed by atoms with van der Waals surface area (Å²) in [4.78, 5) is 14.6. The van der Waals surface area contributed by atoms with Crippen molar-refractivity contribution in [2.24, 2.45) is 0 Å². The second-order valence-corrected chi connectivity index (χ2v) is 7.37. The molecule has 1 aliphatic rings. The van der Waals surface area contributed by atoms with Crippen molar-refractivity contribution in [2.45, 2.75) is 19.6 Å². The first-order valence-electron chi connectivity index (χ1n) is 9.59. The Kier molecular flexibility index (Phi) is 7.86. The predicted octanol–water partition coefficient (Wildman–Crippen LogP) is 3.35. The number of carbonyl (C=O) groups excluding carboxylic acids is 1. The molecule has 1 heterocycles. The first kappa shape index (κ1) is 20.8. The summed E-state index contributed by atoms with van der Waals surface area (Å²) in [6.45, 7) is 6.10. The number of hydrogen-bond donors (Lipinski definition) is 1. The number of benzene rings is 2. The van der Waals surface area contributed by atoms with E-state index >= 15 is 0 Å². The van der Waals surface area contributed by atoms with Gasteiger partial charge in [-0.05, 0) is 24.1 Å². The molecular formula is C22H27ClN2O3. The molecule has 1 saturated heterocycles. The van der Waals surface area contributed by atoms with Crippen LogP contribution in [0.3, 0.4) is 0 Å². The van der Waals surface area contributed by atoms with Gasteiger partial charge in [0.25, 0.3) is 0 Å². The van der Waals surface area contributed by atoms with Crippen molar-refractivity contribution in [3.63, 3.8) is 0 Å². The maximum atomic E-state index is 12.3. The molecule has 28 heavy (non-hydrogen) atoms. The molecule has 5 nitrogen and oxygen atoms in total. The Hall–Kier alpha value is -1.92. The molecule has 1 fully saturated rings. The third-order valence-corrected chi connectivity index (χ3v) is 5.26. The third kappa shape index (κ3) is 6.04. The number of carbonyl (C=O) groups is 1. The Morgan fingerprint density at radius 1 is 1.18 bits per heavy atom. The van der Waals surface area contributed by atoms with Gasteiger partial charge in [0.1, 0.15) is 6.61 Å². The van der Waals surface area contributed by atoms with Crippen molar-refractivity contribution >= 4 is 17.5 Å². The normalized spacial score (nSPS) is 15.9. The number of ether oxygens (including phenoxy) is 2. The van der Waals surface area contributed by atoms with E-state index in [1.165, 1.54) is 11.1 Å². The zero-order chi connectivity index (χ0) is 19.8. The zero-order valence-corrected chi connectivity index (χ0v) is 17.0. The van der Waals surface area contributed by atoms with Gasteiger partial charge >= 0.3 is 0 Å². The van der Waals surface area contributed by atoms with Gasteiger partial charge in [0.05, 0.1) is 25.9 Å². The number of rotatable bonds is 8. The van der Waals surface area contributed by atoms with Crippen LogP contribution >= 0.6 is 11.6 Å². The minimum atomic E-state index is -0.127. The lowest BCUT2D eigenvalue weighted by atomic mass is 10.0. The van der Waals surface area contributed by atoms with Crippen LogP contribution in [-0.2, 0) is 20.9 Å². The van der Waals surface area contributed by atoms with E-state index in [4.69, 9.17) is 21.1 Å². The highest BCUT2D eigenvalue weighted by Crippen LogP contribution is 2.22. The standard InChI is InChI=1S/C22H27ClN2O3/c1-17-6-8-18(9-7-17)21(25-10-12-27-13-11-25)14-24-22(26)16-28-15-19-4-2-3-5-20(19)23/h2-9,21H,10-16H2,1H3,(H,24,26). The van der Waals surface area contributed by atoms with Gasteiger partial charge in [0, 0.05) is 24.7 Å². The van der Waals surface area contributed by atoms with Crippen molar-refractivity contribution in [3.8, 4) is 0 Å². The molecular weight excluding hydrogens is 376 g/mol. The summed E-state index contributed by atoms with van der Waals surface area (Å²) in [5.41, 5.74) is 3.30. The summed E-state index contributed by atoms with van der Waals surface area (Å²) in [5.74, 6) is -0.127. The SMILES string of the molecule is Cc1ccc(C(CNC(=O)COCc2ccccc2Cl)N2CCOCC2)cc1. The highest BCUT2D eigenvalue weighted by atomic mass is 35.5. The molecule has 6 heteroatoms. The molecule has 1 atom stereocenters. The lowest BCUT2D eigenvalue weighted by molar-refractivity contribution is -0.126. The minimum absolute atomic E-state index is 0.00888. The third-order valence-electron chi connectivity index (χ3n) is 4.89. The maximum Gasteiger partial charge on any atom is 0.246 e. The smallest absolute Gasteiger partial charge is 0.246 e. The Labute approximate surface area is 171 Å². The molecule has 1 aliphatic heterocycles. The fourth-order valence-corrected chi connectivity index (χ4v) is 3.46. The van der Waals surface area contributed by atoms with Crippen LogP contribution in [-0.4, -0.2) is 50.3 Å². The van der Waals surface area contributed by atoms with E-state index in [1.54, 1.807) is 0 Å². The molecule has 150 valence electrons. The Morgan fingerprint density at radius 2 is 1.89 bits per heavy atom. The summed E-state index contributed by atoms with van der Waals surface area (Å²) in [7, 11) is 0. The molecule has 1 unspecified atom stereocenters. The number of morpholine rings is 1. The second kappa shape index (κ2) is 10.6. The molecule has 0 aliphatic carbocycles. The number of aryl methyl sites for hydroxylation is 1. The van der Waals surface area contributed by atoms with Crippen LogP contribution in [0.15, 0.2) is 48.5 Å². The van der Waals surface area contributed by atoms with Gasteiger partial charge in [0.2, 0.25) is 5.91 Å². The Morgan fingerprint density at radius 3 is 2.61 bits per heavy atom. The van der Waals surface area contributed by atoms with Crippen LogP contribution in [0.4, 0.5) is 0 Å². The average molecular weight is 403 g/mol. The lowest BCUT2D eigenvalue weighted by Gasteiger charge is -2.35. The number of amides is 1. The predicted molar refractivity (Wildman–Crippen MR) is 110 cm³/mol. The maximum absolute atomic E-state index is 12.3. The van der Waals surface area contributed by atoms with Crippen molar-refractivity contribution in [1.29, 1.82) is 0 Å². The van der Waals surface area contributed by atoms with Crippen LogP contribution in [0.2, 0.25) is 5.02 Å². The monoisotopic (exact) mass is 402 g/mol. The molecule has 1 amide bonds. The summed E-state index contributed by atoms with van der Waals surface area (Å²) < 4.78 is 11.0. The Balaban J connectivity index is 1.53. The van der Waals surface area contributed by atoms with Crippen LogP contribution < -0.4 is 5.32 Å². The number of nitrogens with one attached hydrogen (secondary N) is 1. The van der Waals surface area contributed by atoms with E-state index in [0.29, 0.717) is 18.2 Å². The van der Waals surface area contributed by atoms with Gasteiger partial charge in [-0.2, -0.15) is 0 Å². The van der Waals surface area contributed by atoms with Crippen molar-refractivity contribution < 1.29 is 14.3 Å². The van der Waals surface area contributed by atoms with Gasteiger partial charge < -0.3 is 14.8 Å². The van der Waals surface area contributed by atoms with Crippen LogP contribution in [0, 0.1) is 6.92 Å². The average Bonchev–Trinajstić information content (AvgIpc) is 2.72. The van der Waals surface area contributed by atoms with E-state index in [-0.39, 0.29) is 18.6 Å². The quantitative estimate of drug-likeness (QED) is 0.735. The van der Waals surface area contributed by atoms with Crippen LogP contribution in [0.25, 0.3) is 0 Å².